The van der Waals surface area contributed by atoms with Crippen molar-refractivity contribution in [3.8, 4) is 0 Å². The molecule has 0 aromatic carbocycles. The van der Waals surface area contributed by atoms with Gasteiger partial charge >= 0.3 is 5.97 Å². The van der Waals surface area contributed by atoms with E-state index in [0.717, 1.165) is 44.9 Å². The molecule has 4 nitrogen and oxygen atoms in total. The molecule has 0 spiro atoms. The molecule has 0 heterocycles. The van der Waals surface area contributed by atoms with Crippen LogP contribution in [-0.4, -0.2) is 28.9 Å². The van der Waals surface area contributed by atoms with Crippen LogP contribution in [0.25, 0.3) is 0 Å². The zero-order valence-electron chi connectivity index (χ0n) is 14.5. The van der Waals surface area contributed by atoms with Crippen molar-refractivity contribution in [3.05, 3.63) is 0 Å². The van der Waals surface area contributed by atoms with E-state index in [9.17, 15) is 9.59 Å². The summed E-state index contributed by atoms with van der Waals surface area (Å²) in [6, 6.07) is 0.254. The molecule has 1 N–H and O–H groups in total. The first-order chi connectivity index (χ1) is 11.4. The zero-order chi connectivity index (χ0) is 16.9. The van der Waals surface area contributed by atoms with Crippen molar-refractivity contribution in [1.29, 1.82) is 0 Å². The molecule has 0 saturated heterocycles. The fourth-order valence-electron chi connectivity index (χ4n) is 6.12. The lowest BCUT2D eigenvalue weighted by molar-refractivity contribution is -0.177. The van der Waals surface area contributed by atoms with Crippen molar-refractivity contribution in [1.82, 2.24) is 5.32 Å². The first-order valence-electron chi connectivity index (χ1n) is 9.58. The lowest BCUT2D eigenvalue weighted by atomic mass is 9.49. The van der Waals surface area contributed by atoms with Crippen molar-refractivity contribution in [2.24, 2.45) is 17.3 Å². The van der Waals surface area contributed by atoms with Gasteiger partial charge in [0, 0.05) is 10.9 Å². The second kappa shape index (κ2) is 5.89. The van der Waals surface area contributed by atoms with Crippen LogP contribution in [0.2, 0.25) is 0 Å². The topological polar surface area (TPSA) is 55.4 Å². The van der Waals surface area contributed by atoms with Crippen molar-refractivity contribution in [2.45, 2.75) is 88.2 Å². The highest BCUT2D eigenvalue weighted by Crippen LogP contribution is 2.64. The van der Waals surface area contributed by atoms with E-state index in [0.29, 0.717) is 11.8 Å². The van der Waals surface area contributed by atoms with Gasteiger partial charge in [0.15, 0.2) is 6.10 Å². The summed E-state index contributed by atoms with van der Waals surface area (Å²) < 4.78 is 5.64. The van der Waals surface area contributed by atoms with Crippen LogP contribution in [0.15, 0.2) is 0 Å². The standard InChI is InChI=1S/C19H28ClNO3/c1-12(16(22)21-15-4-2-3-5-15)24-17(23)18-7-13-6-14(8-18)10-19(20,9-13)11-18/h12-15H,2-11H2,1H3,(H,21,22)/t12-,13-,14+,18?,19?/m1/s1. The minimum absolute atomic E-state index is 0.152. The van der Waals surface area contributed by atoms with Crippen LogP contribution in [-0.2, 0) is 14.3 Å². The Morgan fingerprint density at radius 1 is 1.12 bits per heavy atom. The minimum atomic E-state index is -0.711. The van der Waals surface area contributed by atoms with Gasteiger partial charge in [-0.25, -0.2) is 0 Å². The Balaban J connectivity index is 1.39. The molecule has 5 saturated carbocycles. The van der Waals surface area contributed by atoms with Gasteiger partial charge in [-0.1, -0.05) is 12.8 Å². The maximum atomic E-state index is 12.9. The summed E-state index contributed by atoms with van der Waals surface area (Å²) in [5.74, 6) is 0.772. The first kappa shape index (κ1) is 16.7. The normalized spacial score (nSPS) is 42.1. The van der Waals surface area contributed by atoms with E-state index in [2.05, 4.69) is 5.32 Å². The highest BCUT2D eigenvalue weighted by molar-refractivity contribution is 6.24. The Kier molecular flexibility index (Phi) is 4.10. The third-order valence-electron chi connectivity index (χ3n) is 6.78. The second-order valence-corrected chi connectivity index (χ2v) is 9.73. The zero-order valence-corrected chi connectivity index (χ0v) is 15.2. The predicted octanol–water partition coefficient (Wildman–Crippen LogP) is 3.55. The van der Waals surface area contributed by atoms with E-state index in [4.69, 9.17) is 16.3 Å². The van der Waals surface area contributed by atoms with E-state index in [-0.39, 0.29) is 22.8 Å². The van der Waals surface area contributed by atoms with Crippen molar-refractivity contribution in [3.63, 3.8) is 0 Å². The van der Waals surface area contributed by atoms with E-state index in [1.54, 1.807) is 6.92 Å². The molecule has 0 aromatic heterocycles. The van der Waals surface area contributed by atoms with E-state index < -0.39 is 11.5 Å². The summed E-state index contributed by atoms with van der Waals surface area (Å²) in [6.07, 6.45) is 9.51. The number of hydrogen-bond acceptors (Lipinski definition) is 3. The second-order valence-electron chi connectivity index (χ2n) is 8.93. The number of nitrogens with one attached hydrogen (secondary N) is 1. The van der Waals surface area contributed by atoms with Crippen molar-refractivity contribution in [2.75, 3.05) is 0 Å². The van der Waals surface area contributed by atoms with Gasteiger partial charge in [0.1, 0.15) is 0 Å². The number of carbonyl (C=O) groups is 2. The molecule has 24 heavy (non-hydrogen) atoms. The fourth-order valence-corrected chi connectivity index (χ4v) is 6.81. The number of amides is 1. The Labute approximate surface area is 149 Å². The fraction of sp³-hybridized carbons (Fsp3) is 0.895. The third kappa shape index (κ3) is 2.95. The van der Waals surface area contributed by atoms with E-state index >= 15 is 0 Å². The minimum Gasteiger partial charge on any atom is -0.452 e. The molecule has 0 aromatic rings. The van der Waals surface area contributed by atoms with Crippen LogP contribution in [0.4, 0.5) is 0 Å². The monoisotopic (exact) mass is 353 g/mol. The van der Waals surface area contributed by atoms with Crippen LogP contribution < -0.4 is 5.32 Å². The van der Waals surface area contributed by atoms with Crippen LogP contribution >= 0.6 is 11.6 Å². The quantitative estimate of drug-likeness (QED) is 0.621. The summed E-state index contributed by atoms with van der Waals surface area (Å²) in [6.45, 7) is 1.69. The van der Waals surface area contributed by atoms with Crippen LogP contribution in [0.3, 0.4) is 0 Å². The predicted molar refractivity (Wildman–Crippen MR) is 91.7 cm³/mol. The summed E-state index contributed by atoms with van der Waals surface area (Å²) in [5, 5.41) is 3.02. The van der Waals surface area contributed by atoms with Gasteiger partial charge in [0.2, 0.25) is 0 Å². The third-order valence-corrected chi connectivity index (χ3v) is 7.22. The summed E-state index contributed by atoms with van der Waals surface area (Å²) in [7, 11) is 0. The Morgan fingerprint density at radius 2 is 1.75 bits per heavy atom. The molecule has 5 aliphatic rings. The summed E-state index contributed by atoms with van der Waals surface area (Å²) >= 11 is 6.79. The average Bonchev–Trinajstić information content (AvgIpc) is 2.97. The van der Waals surface area contributed by atoms with Gasteiger partial charge in [-0.15, -0.1) is 11.6 Å². The molecule has 5 fully saturated rings. The Bertz CT molecular complexity index is 529. The molecule has 2 unspecified atom stereocenters. The lowest BCUT2D eigenvalue weighted by Gasteiger charge is -2.58. The summed E-state index contributed by atoms with van der Waals surface area (Å²) in [5.41, 5.74) is -0.437. The number of carbonyl (C=O) groups excluding carboxylic acids is 2. The maximum Gasteiger partial charge on any atom is 0.312 e. The maximum absolute atomic E-state index is 12.9. The van der Waals surface area contributed by atoms with Crippen molar-refractivity contribution < 1.29 is 14.3 Å². The molecule has 5 heteroatoms. The van der Waals surface area contributed by atoms with Gasteiger partial charge in [0.05, 0.1) is 5.41 Å². The van der Waals surface area contributed by atoms with Gasteiger partial charge in [-0.2, -0.15) is 0 Å². The largest absolute Gasteiger partial charge is 0.452 e. The number of halogens is 1. The molecule has 134 valence electrons. The van der Waals surface area contributed by atoms with Crippen LogP contribution in [0.5, 0.6) is 0 Å². The molecule has 5 rings (SSSR count). The smallest absolute Gasteiger partial charge is 0.312 e. The molecule has 5 atom stereocenters. The first-order valence-corrected chi connectivity index (χ1v) is 9.96. The molecule has 5 aliphatic carbocycles. The van der Waals surface area contributed by atoms with Crippen LogP contribution in [0.1, 0.15) is 71.1 Å². The molecule has 1 amide bonds. The molecular formula is C19H28ClNO3. The molecule has 4 bridgehead atoms. The molecular weight excluding hydrogens is 326 g/mol. The average molecular weight is 354 g/mol. The van der Waals surface area contributed by atoms with Gasteiger partial charge < -0.3 is 10.1 Å². The van der Waals surface area contributed by atoms with E-state index in [1.165, 1.54) is 19.3 Å². The lowest BCUT2D eigenvalue weighted by Crippen LogP contribution is -2.57. The number of ether oxygens (including phenoxy) is 1. The Morgan fingerprint density at radius 3 is 2.33 bits per heavy atom. The Hall–Kier alpha value is -0.770. The SMILES string of the molecule is C[C@@H](OC(=O)C12C[C@@H]3C[C@@H](CC(Cl)(C3)C1)C2)C(=O)NC1CCCC1. The number of hydrogen-bond donors (Lipinski definition) is 1. The van der Waals surface area contributed by atoms with Crippen LogP contribution in [0, 0.1) is 17.3 Å². The molecule has 0 radical (unpaired) electrons. The van der Waals surface area contributed by atoms with Gasteiger partial charge in [0.25, 0.3) is 5.91 Å². The van der Waals surface area contributed by atoms with Gasteiger partial charge in [-0.05, 0) is 70.1 Å². The molecule has 0 aliphatic heterocycles. The number of esters is 1. The number of rotatable bonds is 4. The van der Waals surface area contributed by atoms with E-state index in [1.807, 2.05) is 0 Å². The summed E-state index contributed by atoms with van der Waals surface area (Å²) in [4.78, 5) is 25.0. The highest BCUT2D eigenvalue weighted by atomic mass is 35.5. The highest BCUT2D eigenvalue weighted by Gasteiger charge is 2.61. The van der Waals surface area contributed by atoms with Crippen molar-refractivity contribution >= 4 is 23.5 Å². The van der Waals surface area contributed by atoms with Gasteiger partial charge in [-0.3, -0.25) is 9.59 Å². The number of alkyl halides is 1.